The largest absolute Gasteiger partial charge is 0.508 e. The number of hydrogen-bond acceptors (Lipinski definition) is 5. The second kappa shape index (κ2) is 7.09. The van der Waals surface area contributed by atoms with Crippen LogP contribution in [0.1, 0.15) is 32.5 Å². The maximum Gasteiger partial charge on any atom is 0.338 e. The number of amides is 1. The average Bonchev–Trinajstić information content (AvgIpc) is 3.03. The van der Waals surface area contributed by atoms with Gasteiger partial charge in [0, 0.05) is 17.0 Å². The van der Waals surface area contributed by atoms with Gasteiger partial charge in [-0.3, -0.25) is 4.79 Å². The van der Waals surface area contributed by atoms with E-state index in [4.69, 9.17) is 0 Å². The normalized spacial score (nSPS) is 10.3. The molecule has 1 heterocycles. The molecule has 6 heteroatoms. The molecule has 5 nitrogen and oxygen atoms in total. The van der Waals surface area contributed by atoms with Gasteiger partial charge in [-0.05, 0) is 36.6 Å². The van der Waals surface area contributed by atoms with Crippen LogP contribution in [0.5, 0.6) is 5.75 Å². The molecule has 22 heavy (non-hydrogen) atoms. The standard InChI is InChI=1S/C16H17NO4S/c1-3-17(10-14-5-4-6-22-14)15(19)11-7-12(16(20)21-2)9-13(18)8-11/h4-9,18H,3,10H2,1-2H3. The predicted molar refractivity (Wildman–Crippen MR) is 84.2 cm³/mol. The van der Waals surface area contributed by atoms with Crippen molar-refractivity contribution in [1.29, 1.82) is 0 Å². The number of ether oxygens (including phenoxy) is 1. The van der Waals surface area contributed by atoms with Crippen LogP contribution < -0.4 is 0 Å². The molecule has 2 rings (SSSR count). The molecule has 0 radical (unpaired) electrons. The zero-order valence-electron chi connectivity index (χ0n) is 12.4. The summed E-state index contributed by atoms with van der Waals surface area (Å²) in [4.78, 5) is 26.9. The van der Waals surface area contributed by atoms with Crippen molar-refractivity contribution in [1.82, 2.24) is 4.90 Å². The molecule has 0 bridgehead atoms. The van der Waals surface area contributed by atoms with E-state index in [1.165, 1.54) is 25.3 Å². The minimum atomic E-state index is -0.591. The second-order valence-electron chi connectivity index (χ2n) is 4.66. The van der Waals surface area contributed by atoms with Gasteiger partial charge >= 0.3 is 5.97 Å². The van der Waals surface area contributed by atoms with Crippen molar-refractivity contribution >= 4 is 23.2 Å². The van der Waals surface area contributed by atoms with Crippen LogP contribution in [0, 0.1) is 0 Å². The molecule has 0 aliphatic rings. The van der Waals surface area contributed by atoms with Gasteiger partial charge in [0.25, 0.3) is 5.91 Å². The Hall–Kier alpha value is -2.34. The van der Waals surface area contributed by atoms with E-state index < -0.39 is 5.97 Å². The zero-order chi connectivity index (χ0) is 16.1. The fourth-order valence-corrected chi connectivity index (χ4v) is 2.79. The molecule has 0 unspecified atom stereocenters. The molecule has 0 spiro atoms. The summed E-state index contributed by atoms with van der Waals surface area (Å²) in [6, 6.07) is 7.96. The van der Waals surface area contributed by atoms with Crippen LogP contribution in [0.15, 0.2) is 35.7 Å². The Morgan fingerprint density at radius 2 is 2.00 bits per heavy atom. The molecule has 0 saturated heterocycles. The van der Waals surface area contributed by atoms with Crippen molar-refractivity contribution in [3.05, 3.63) is 51.7 Å². The minimum absolute atomic E-state index is 0.140. The van der Waals surface area contributed by atoms with Crippen LogP contribution >= 0.6 is 11.3 Å². The van der Waals surface area contributed by atoms with Crippen LogP contribution in [0.4, 0.5) is 0 Å². The van der Waals surface area contributed by atoms with Gasteiger partial charge in [-0.2, -0.15) is 0 Å². The summed E-state index contributed by atoms with van der Waals surface area (Å²) < 4.78 is 4.62. The van der Waals surface area contributed by atoms with Crippen molar-refractivity contribution < 1.29 is 19.4 Å². The summed E-state index contributed by atoms with van der Waals surface area (Å²) in [7, 11) is 1.25. The first-order valence-corrected chi connectivity index (χ1v) is 7.67. The van der Waals surface area contributed by atoms with Crippen molar-refractivity contribution in [2.75, 3.05) is 13.7 Å². The average molecular weight is 319 g/mol. The second-order valence-corrected chi connectivity index (χ2v) is 5.69. The van der Waals surface area contributed by atoms with E-state index in [9.17, 15) is 14.7 Å². The lowest BCUT2D eigenvalue weighted by molar-refractivity contribution is 0.0600. The highest BCUT2D eigenvalue weighted by Crippen LogP contribution is 2.20. The third-order valence-electron chi connectivity index (χ3n) is 3.18. The van der Waals surface area contributed by atoms with E-state index in [2.05, 4.69) is 4.74 Å². The maximum absolute atomic E-state index is 12.6. The van der Waals surface area contributed by atoms with Gasteiger partial charge in [-0.1, -0.05) is 6.07 Å². The molecule has 0 saturated carbocycles. The van der Waals surface area contributed by atoms with E-state index in [0.717, 1.165) is 4.88 Å². The number of carbonyl (C=O) groups excluding carboxylic acids is 2. The van der Waals surface area contributed by atoms with E-state index >= 15 is 0 Å². The molecule has 0 aliphatic heterocycles. The molecular weight excluding hydrogens is 302 g/mol. The summed E-state index contributed by atoms with van der Waals surface area (Å²) >= 11 is 1.58. The van der Waals surface area contributed by atoms with Crippen molar-refractivity contribution in [3.63, 3.8) is 0 Å². The highest BCUT2D eigenvalue weighted by atomic mass is 32.1. The van der Waals surface area contributed by atoms with E-state index in [0.29, 0.717) is 13.1 Å². The van der Waals surface area contributed by atoms with Crippen LogP contribution in [-0.2, 0) is 11.3 Å². The number of phenols is 1. The Morgan fingerprint density at radius 3 is 2.59 bits per heavy atom. The Morgan fingerprint density at radius 1 is 1.27 bits per heavy atom. The van der Waals surface area contributed by atoms with Gasteiger partial charge in [0.15, 0.2) is 0 Å². The zero-order valence-corrected chi connectivity index (χ0v) is 13.2. The molecule has 1 aromatic heterocycles. The highest BCUT2D eigenvalue weighted by Gasteiger charge is 2.18. The topological polar surface area (TPSA) is 66.8 Å². The highest BCUT2D eigenvalue weighted by molar-refractivity contribution is 7.09. The van der Waals surface area contributed by atoms with Gasteiger partial charge in [0.2, 0.25) is 0 Å². The van der Waals surface area contributed by atoms with Gasteiger partial charge in [0.05, 0.1) is 19.2 Å². The first-order valence-electron chi connectivity index (χ1n) is 6.79. The number of nitrogens with zero attached hydrogens (tertiary/aromatic N) is 1. The number of benzene rings is 1. The Bertz CT molecular complexity index is 667. The van der Waals surface area contributed by atoms with E-state index in [1.54, 1.807) is 16.2 Å². The molecule has 116 valence electrons. The summed E-state index contributed by atoms with van der Waals surface area (Å²) in [6.07, 6.45) is 0. The molecule has 1 N–H and O–H groups in total. The van der Waals surface area contributed by atoms with Crippen molar-refractivity contribution in [3.8, 4) is 5.75 Å². The fourth-order valence-electron chi connectivity index (χ4n) is 2.07. The smallest absolute Gasteiger partial charge is 0.338 e. The summed E-state index contributed by atoms with van der Waals surface area (Å²) in [5.41, 5.74) is 0.414. The number of phenolic OH excluding ortho intramolecular Hbond substituents is 1. The number of hydrogen-bond donors (Lipinski definition) is 1. The predicted octanol–water partition coefficient (Wildman–Crippen LogP) is 2.90. The van der Waals surface area contributed by atoms with Crippen molar-refractivity contribution in [2.45, 2.75) is 13.5 Å². The Labute approximate surface area is 132 Å². The van der Waals surface area contributed by atoms with E-state index in [1.807, 2.05) is 24.4 Å². The monoisotopic (exact) mass is 319 g/mol. The molecule has 0 aliphatic carbocycles. The lowest BCUT2D eigenvalue weighted by atomic mass is 10.1. The molecule has 0 atom stereocenters. The lowest BCUT2D eigenvalue weighted by Gasteiger charge is -2.20. The van der Waals surface area contributed by atoms with Gasteiger partial charge in [-0.15, -0.1) is 11.3 Å². The molecule has 1 amide bonds. The number of thiophene rings is 1. The van der Waals surface area contributed by atoms with Crippen LogP contribution in [0.3, 0.4) is 0 Å². The Kier molecular flexibility index (Phi) is 5.16. The fraction of sp³-hybridized carbons (Fsp3) is 0.250. The van der Waals surface area contributed by atoms with Crippen LogP contribution in [-0.4, -0.2) is 35.5 Å². The first kappa shape index (κ1) is 16.0. The van der Waals surface area contributed by atoms with Gasteiger partial charge in [0.1, 0.15) is 5.75 Å². The maximum atomic E-state index is 12.6. The van der Waals surface area contributed by atoms with Gasteiger partial charge < -0.3 is 14.7 Å². The molecular formula is C16H17NO4S. The molecule has 2 aromatic rings. The number of rotatable bonds is 5. The lowest BCUT2D eigenvalue weighted by Crippen LogP contribution is -2.30. The number of methoxy groups -OCH3 is 1. The van der Waals surface area contributed by atoms with E-state index in [-0.39, 0.29) is 22.8 Å². The van der Waals surface area contributed by atoms with Crippen LogP contribution in [0.25, 0.3) is 0 Å². The third kappa shape index (κ3) is 3.65. The minimum Gasteiger partial charge on any atom is -0.508 e. The van der Waals surface area contributed by atoms with Crippen LogP contribution in [0.2, 0.25) is 0 Å². The number of carbonyl (C=O) groups is 2. The Balaban J connectivity index is 2.26. The molecule has 0 fully saturated rings. The van der Waals surface area contributed by atoms with Crippen molar-refractivity contribution in [2.24, 2.45) is 0 Å². The SMILES string of the molecule is CCN(Cc1cccs1)C(=O)c1cc(O)cc(C(=O)OC)c1. The summed E-state index contributed by atoms with van der Waals surface area (Å²) in [5.74, 6) is -0.971. The quantitative estimate of drug-likeness (QED) is 0.861. The first-order chi connectivity index (χ1) is 10.5. The number of aromatic hydroxyl groups is 1. The number of esters is 1. The third-order valence-corrected chi connectivity index (χ3v) is 4.04. The summed E-state index contributed by atoms with van der Waals surface area (Å²) in [5, 5.41) is 11.7. The summed E-state index contributed by atoms with van der Waals surface area (Å²) in [6.45, 7) is 2.91. The van der Waals surface area contributed by atoms with Gasteiger partial charge in [-0.25, -0.2) is 4.79 Å². The molecule has 1 aromatic carbocycles.